The average Bonchev–Trinajstić information content (AvgIpc) is 3.05. The Hall–Kier alpha value is -2.06. The van der Waals surface area contributed by atoms with Crippen LogP contribution in [0.1, 0.15) is 53.4 Å². The largest absolute Gasteiger partial charge is 0.333 e. The number of hydrogen-bond acceptors (Lipinski definition) is 5. The second kappa shape index (κ2) is 11.4. The first-order chi connectivity index (χ1) is 14.2. The van der Waals surface area contributed by atoms with Gasteiger partial charge in [-0.2, -0.15) is 0 Å². The van der Waals surface area contributed by atoms with E-state index in [2.05, 4.69) is 27.8 Å². The number of aromatic nitrogens is 3. The molecule has 0 aliphatic rings. The van der Waals surface area contributed by atoms with Crippen molar-refractivity contribution >= 4 is 35.3 Å². The van der Waals surface area contributed by atoms with Crippen LogP contribution >= 0.6 is 23.4 Å². The van der Waals surface area contributed by atoms with Crippen LogP contribution in [0.25, 0.3) is 11.4 Å². The van der Waals surface area contributed by atoms with Crippen LogP contribution < -0.4 is 10.6 Å². The minimum absolute atomic E-state index is 0.0747. The number of carbonyl (C=O) groups is 2. The molecule has 1 aromatic heterocycles. The van der Waals surface area contributed by atoms with Crippen LogP contribution in [0.4, 0.5) is 4.79 Å². The molecule has 1 heterocycles. The molecule has 164 valence electrons. The number of carbonyl (C=O) groups excluding carboxylic acids is 2. The predicted octanol–water partition coefficient (Wildman–Crippen LogP) is 4.90. The molecule has 0 atom stereocenters. The highest BCUT2D eigenvalue weighted by atomic mass is 35.5. The molecule has 1 aromatic carbocycles. The van der Waals surface area contributed by atoms with Crippen molar-refractivity contribution in [2.45, 2.75) is 70.6 Å². The number of halogens is 1. The molecule has 0 radical (unpaired) electrons. The van der Waals surface area contributed by atoms with Gasteiger partial charge in [0.05, 0.1) is 5.75 Å². The molecule has 2 aromatic rings. The Morgan fingerprint density at radius 2 is 1.80 bits per heavy atom. The van der Waals surface area contributed by atoms with Gasteiger partial charge in [-0.3, -0.25) is 10.1 Å². The molecule has 9 heteroatoms. The summed E-state index contributed by atoms with van der Waals surface area (Å²) < 4.78 is 2.03. The first kappa shape index (κ1) is 24.2. The number of benzene rings is 1. The van der Waals surface area contributed by atoms with Crippen LogP contribution in [-0.4, -0.2) is 38.0 Å². The normalized spacial score (nSPS) is 11.4. The van der Waals surface area contributed by atoms with E-state index in [9.17, 15) is 9.59 Å². The fourth-order valence-corrected chi connectivity index (χ4v) is 3.66. The quantitative estimate of drug-likeness (QED) is 0.418. The fraction of sp³-hybridized carbons (Fsp3) is 0.524. The van der Waals surface area contributed by atoms with Gasteiger partial charge in [0.1, 0.15) is 0 Å². The second-order valence-corrected chi connectivity index (χ2v) is 9.45. The number of thioether (sulfide) groups is 1. The highest BCUT2D eigenvalue weighted by Gasteiger charge is 2.18. The maximum absolute atomic E-state index is 12.2. The first-order valence-electron chi connectivity index (χ1n) is 10.1. The lowest BCUT2D eigenvalue weighted by molar-refractivity contribution is -0.117. The molecule has 0 saturated heterocycles. The van der Waals surface area contributed by atoms with Crippen LogP contribution in [0.15, 0.2) is 29.4 Å². The molecule has 30 heavy (non-hydrogen) atoms. The lowest BCUT2D eigenvalue weighted by Crippen LogP contribution is -2.48. The molecule has 0 spiro atoms. The van der Waals surface area contributed by atoms with E-state index in [-0.39, 0.29) is 11.7 Å². The Morgan fingerprint density at radius 3 is 2.43 bits per heavy atom. The zero-order chi connectivity index (χ0) is 22.1. The van der Waals surface area contributed by atoms with Gasteiger partial charge in [0.25, 0.3) is 0 Å². The van der Waals surface area contributed by atoms with Gasteiger partial charge >= 0.3 is 6.03 Å². The van der Waals surface area contributed by atoms with Crippen molar-refractivity contribution in [1.29, 1.82) is 0 Å². The van der Waals surface area contributed by atoms with Crippen LogP contribution in [0.2, 0.25) is 5.02 Å². The van der Waals surface area contributed by atoms with E-state index in [4.69, 9.17) is 11.6 Å². The van der Waals surface area contributed by atoms with Gasteiger partial charge in [-0.25, -0.2) is 4.79 Å². The molecular formula is C21H30ClN5O2S. The smallest absolute Gasteiger partial charge is 0.321 e. The number of amides is 3. The summed E-state index contributed by atoms with van der Waals surface area (Å²) in [6.45, 7) is 8.49. The summed E-state index contributed by atoms with van der Waals surface area (Å²) >= 11 is 7.27. The topological polar surface area (TPSA) is 88.9 Å². The Labute approximate surface area is 187 Å². The van der Waals surface area contributed by atoms with E-state index >= 15 is 0 Å². The predicted molar refractivity (Wildman–Crippen MR) is 122 cm³/mol. The number of unbranched alkanes of at least 4 members (excludes halogenated alkanes) is 3. The van der Waals surface area contributed by atoms with Crippen LogP contribution in [0.5, 0.6) is 0 Å². The summed E-state index contributed by atoms with van der Waals surface area (Å²) in [5.41, 5.74) is 0.507. The molecule has 0 bridgehead atoms. The number of nitrogens with one attached hydrogen (secondary N) is 2. The third-order valence-corrected chi connectivity index (χ3v) is 5.35. The molecule has 0 aliphatic heterocycles. The van der Waals surface area contributed by atoms with Crippen molar-refractivity contribution in [3.8, 4) is 11.4 Å². The highest BCUT2D eigenvalue weighted by Crippen LogP contribution is 2.26. The van der Waals surface area contributed by atoms with Crippen molar-refractivity contribution in [3.05, 3.63) is 29.3 Å². The average molecular weight is 452 g/mol. The van der Waals surface area contributed by atoms with Crippen LogP contribution in [0.3, 0.4) is 0 Å². The maximum Gasteiger partial charge on any atom is 0.321 e. The van der Waals surface area contributed by atoms with Crippen LogP contribution in [-0.2, 0) is 11.3 Å². The van der Waals surface area contributed by atoms with E-state index in [0.717, 1.165) is 37.2 Å². The molecule has 3 amide bonds. The number of urea groups is 1. The van der Waals surface area contributed by atoms with Crippen molar-refractivity contribution < 1.29 is 9.59 Å². The standard InChI is InChI=1S/C21H30ClN5O2S/c1-5-6-7-8-13-27-18(15-9-11-16(22)12-10-15)25-26-20(27)30-14-17(28)23-19(29)24-21(2,3)4/h9-12H,5-8,13-14H2,1-4H3,(H2,23,24,28,29). The molecule has 2 N–H and O–H groups in total. The fourth-order valence-electron chi connectivity index (χ4n) is 2.77. The SMILES string of the molecule is CCCCCCn1c(SCC(=O)NC(=O)NC(C)(C)C)nnc1-c1ccc(Cl)cc1. The maximum atomic E-state index is 12.2. The molecule has 0 unspecified atom stereocenters. The van der Waals surface area contributed by atoms with Crippen LogP contribution in [0, 0.1) is 0 Å². The Bertz CT molecular complexity index is 846. The third kappa shape index (κ3) is 7.99. The van der Waals surface area contributed by atoms with Gasteiger partial charge in [-0.05, 0) is 51.5 Å². The third-order valence-electron chi connectivity index (χ3n) is 4.13. The molecule has 0 aliphatic carbocycles. The summed E-state index contributed by atoms with van der Waals surface area (Å²) in [4.78, 5) is 24.0. The van der Waals surface area contributed by atoms with Gasteiger partial charge in [-0.1, -0.05) is 49.5 Å². The van der Waals surface area contributed by atoms with Crippen molar-refractivity contribution in [3.63, 3.8) is 0 Å². The molecule has 2 rings (SSSR count). The molecule has 0 fully saturated rings. The lowest BCUT2D eigenvalue weighted by Gasteiger charge is -2.20. The molecule has 0 saturated carbocycles. The zero-order valence-corrected chi connectivity index (χ0v) is 19.6. The van der Waals surface area contributed by atoms with Crippen molar-refractivity contribution in [2.24, 2.45) is 0 Å². The first-order valence-corrected chi connectivity index (χ1v) is 11.5. The van der Waals surface area contributed by atoms with Gasteiger partial charge in [0.15, 0.2) is 11.0 Å². The summed E-state index contributed by atoms with van der Waals surface area (Å²) in [5, 5.41) is 15.0. The van der Waals surface area contributed by atoms with Crippen molar-refractivity contribution in [2.75, 3.05) is 5.75 Å². The Morgan fingerprint density at radius 1 is 1.10 bits per heavy atom. The monoisotopic (exact) mass is 451 g/mol. The zero-order valence-electron chi connectivity index (χ0n) is 18.0. The van der Waals surface area contributed by atoms with E-state index in [1.165, 1.54) is 18.2 Å². The number of nitrogens with zero attached hydrogens (tertiary/aromatic N) is 3. The lowest BCUT2D eigenvalue weighted by atomic mass is 10.1. The van der Waals surface area contributed by atoms with Crippen molar-refractivity contribution in [1.82, 2.24) is 25.4 Å². The van der Waals surface area contributed by atoms with E-state index in [1.54, 1.807) is 0 Å². The highest BCUT2D eigenvalue weighted by molar-refractivity contribution is 7.99. The summed E-state index contributed by atoms with van der Waals surface area (Å²) in [6.07, 6.45) is 4.45. The van der Waals surface area contributed by atoms with Gasteiger partial charge in [0.2, 0.25) is 5.91 Å². The minimum atomic E-state index is -0.504. The van der Waals surface area contributed by atoms with E-state index in [1.807, 2.05) is 49.6 Å². The van der Waals surface area contributed by atoms with E-state index in [0.29, 0.717) is 10.2 Å². The van der Waals surface area contributed by atoms with Gasteiger partial charge in [0, 0.05) is 22.7 Å². The van der Waals surface area contributed by atoms with Gasteiger partial charge in [-0.15, -0.1) is 10.2 Å². The summed E-state index contributed by atoms with van der Waals surface area (Å²) in [5.74, 6) is 0.442. The van der Waals surface area contributed by atoms with E-state index < -0.39 is 11.6 Å². The number of imide groups is 1. The minimum Gasteiger partial charge on any atom is -0.333 e. The number of rotatable bonds is 9. The van der Waals surface area contributed by atoms with Gasteiger partial charge < -0.3 is 9.88 Å². The Balaban J connectivity index is 2.07. The summed E-state index contributed by atoms with van der Waals surface area (Å²) in [6, 6.07) is 6.96. The number of hydrogen-bond donors (Lipinski definition) is 2. The Kier molecular flexibility index (Phi) is 9.17. The summed E-state index contributed by atoms with van der Waals surface area (Å²) in [7, 11) is 0. The second-order valence-electron chi connectivity index (χ2n) is 8.07. The molecular weight excluding hydrogens is 422 g/mol. The molecule has 7 nitrogen and oxygen atoms in total.